The number of carboxylic acid groups (broad SMARTS) is 1. The van der Waals surface area contributed by atoms with E-state index in [-0.39, 0.29) is 22.8 Å². The van der Waals surface area contributed by atoms with E-state index in [1.54, 1.807) is 18.2 Å². The van der Waals surface area contributed by atoms with Crippen LogP contribution in [0.4, 0.5) is 4.39 Å². The van der Waals surface area contributed by atoms with Gasteiger partial charge in [0.25, 0.3) is 0 Å². The van der Waals surface area contributed by atoms with Crippen molar-refractivity contribution in [1.82, 2.24) is 0 Å². The summed E-state index contributed by atoms with van der Waals surface area (Å²) < 4.78 is 19.1. The van der Waals surface area contributed by atoms with Gasteiger partial charge in [-0.25, -0.2) is 9.18 Å². The second-order valence-electron chi connectivity index (χ2n) is 3.95. The van der Waals surface area contributed by atoms with Crippen molar-refractivity contribution < 1.29 is 19.0 Å². The van der Waals surface area contributed by atoms with Gasteiger partial charge < -0.3 is 9.84 Å². The lowest BCUT2D eigenvalue weighted by atomic mass is 10.1. The van der Waals surface area contributed by atoms with Crippen molar-refractivity contribution in [2.45, 2.75) is 6.61 Å². The molecule has 0 atom stereocenters. The van der Waals surface area contributed by atoms with Crippen LogP contribution >= 0.6 is 23.2 Å². The maximum Gasteiger partial charge on any atom is 0.335 e. The van der Waals surface area contributed by atoms with Crippen molar-refractivity contribution in [3.05, 3.63) is 63.4 Å². The van der Waals surface area contributed by atoms with Crippen LogP contribution in [0.1, 0.15) is 15.9 Å². The molecule has 0 aliphatic rings. The summed E-state index contributed by atoms with van der Waals surface area (Å²) in [5.41, 5.74) is 0.109. The zero-order valence-corrected chi connectivity index (χ0v) is 11.6. The molecular weight excluding hydrogens is 306 g/mol. The molecule has 0 amide bonds. The van der Waals surface area contributed by atoms with Gasteiger partial charge in [0.05, 0.1) is 10.6 Å². The number of hydrogen-bond acceptors (Lipinski definition) is 2. The number of aromatic carboxylic acids is 1. The number of benzene rings is 2. The number of carboxylic acids is 1. The van der Waals surface area contributed by atoms with Crippen LogP contribution in [0.25, 0.3) is 0 Å². The molecule has 0 aromatic heterocycles. The predicted octanol–water partition coefficient (Wildman–Crippen LogP) is 4.41. The summed E-state index contributed by atoms with van der Waals surface area (Å²) >= 11 is 11.8. The zero-order chi connectivity index (χ0) is 14.7. The number of ether oxygens (including phenoxy) is 1. The summed E-state index contributed by atoms with van der Waals surface area (Å²) in [7, 11) is 0. The average molecular weight is 315 g/mol. The van der Waals surface area contributed by atoms with Gasteiger partial charge in [0.2, 0.25) is 0 Å². The van der Waals surface area contributed by atoms with E-state index in [4.69, 9.17) is 33.0 Å². The van der Waals surface area contributed by atoms with Crippen molar-refractivity contribution >= 4 is 29.2 Å². The Balaban J connectivity index is 2.15. The van der Waals surface area contributed by atoms with Crippen molar-refractivity contribution in [2.24, 2.45) is 0 Å². The summed E-state index contributed by atoms with van der Waals surface area (Å²) in [5.74, 6) is -1.50. The number of halogens is 3. The lowest BCUT2D eigenvalue weighted by Crippen LogP contribution is -2.02. The van der Waals surface area contributed by atoms with E-state index < -0.39 is 11.8 Å². The lowest BCUT2D eigenvalue weighted by Gasteiger charge is -2.09. The second kappa shape index (κ2) is 6.11. The Labute approximate surface area is 124 Å². The van der Waals surface area contributed by atoms with E-state index >= 15 is 0 Å². The molecule has 0 aliphatic carbocycles. The third kappa shape index (κ3) is 3.21. The SMILES string of the molecule is O=C(O)c1ccc(COc2cccc(Cl)c2Cl)c(F)c1. The quantitative estimate of drug-likeness (QED) is 0.909. The Bertz CT molecular complexity index is 659. The molecule has 2 rings (SSSR count). The van der Waals surface area contributed by atoms with Gasteiger partial charge in [0.1, 0.15) is 23.2 Å². The van der Waals surface area contributed by atoms with Crippen LogP contribution in [0.15, 0.2) is 36.4 Å². The highest BCUT2D eigenvalue weighted by molar-refractivity contribution is 6.42. The molecule has 0 unspecified atom stereocenters. The first kappa shape index (κ1) is 14.6. The fourth-order valence-corrected chi connectivity index (χ4v) is 1.89. The molecule has 2 aromatic carbocycles. The summed E-state index contributed by atoms with van der Waals surface area (Å²) in [6.45, 7) is -0.0776. The van der Waals surface area contributed by atoms with Crippen molar-refractivity contribution in [3.8, 4) is 5.75 Å². The summed E-state index contributed by atoms with van der Waals surface area (Å²) in [6.07, 6.45) is 0. The van der Waals surface area contributed by atoms with Crippen molar-refractivity contribution in [2.75, 3.05) is 0 Å². The Morgan fingerprint density at radius 1 is 1.25 bits per heavy atom. The van der Waals surface area contributed by atoms with E-state index in [9.17, 15) is 9.18 Å². The fourth-order valence-electron chi connectivity index (χ4n) is 1.55. The highest BCUT2D eigenvalue weighted by Gasteiger charge is 2.10. The highest BCUT2D eigenvalue weighted by atomic mass is 35.5. The smallest absolute Gasteiger partial charge is 0.335 e. The number of carbonyl (C=O) groups is 1. The van der Waals surface area contributed by atoms with E-state index in [0.29, 0.717) is 10.8 Å². The molecule has 0 aliphatic heterocycles. The fraction of sp³-hybridized carbons (Fsp3) is 0.0714. The van der Waals surface area contributed by atoms with E-state index in [2.05, 4.69) is 0 Å². The zero-order valence-electron chi connectivity index (χ0n) is 10.1. The number of rotatable bonds is 4. The van der Waals surface area contributed by atoms with Crippen LogP contribution < -0.4 is 4.74 Å². The molecule has 0 radical (unpaired) electrons. The predicted molar refractivity (Wildman–Crippen MR) is 74.2 cm³/mol. The van der Waals surface area contributed by atoms with Gasteiger partial charge in [-0.3, -0.25) is 0 Å². The van der Waals surface area contributed by atoms with Gasteiger partial charge in [0.15, 0.2) is 0 Å². The van der Waals surface area contributed by atoms with Gasteiger partial charge in [-0.15, -0.1) is 0 Å². The van der Waals surface area contributed by atoms with Gasteiger partial charge in [0, 0.05) is 5.56 Å². The Hall–Kier alpha value is -1.78. The van der Waals surface area contributed by atoms with Gasteiger partial charge >= 0.3 is 5.97 Å². The normalized spacial score (nSPS) is 10.3. The van der Waals surface area contributed by atoms with Crippen molar-refractivity contribution in [1.29, 1.82) is 0 Å². The molecule has 20 heavy (non-hydrogen) atoms. The topological polar surface area (TPSA) is 46.5 Å². The van der Waals surface area contributed by atoms with Gasteiger partial charge in [-0.1, -0.05) is 35.3 Å². The molecule has 6 heteroatoms. The van der Waals surface area contributed by atoms with E-state index in [1.165, 1.54) is 12.1 Å². The summed E-state index contributed by atoms with van der Waals surface area (Å²) in [5, 5.41) is 9.33. The molecule has 3 nitrogen and oxygen atoms in total. The van der Waals surface area contributed by atoms with Crippen molar-refractivity contribution in [3.63, 3.8) is 0 Å². The monoisotopic (exact) mass is 314 g/mol. The highest BCUT2D eigenvalue weighted by Crippen LogP contribution is 2.32. The standard InChI is InChI=1S/C14H9Cl2FO3/c15-10-2-1-3-12(13(10)16)20-7-9-5-4-8(14(18)19)6-11(9)17/h1-6H,7H2,(H,18,19). The molecule has 1 N–H and O–H groups in total. The maximum atomic E-state index is 13.7. The van der Waals surface area contributed by atoms with Crippen LogP contribution in [0, 0.1) is 5.82 Å². The molecular formula is C14H9Cl2FO3. The van der Waals surface area contributed by atoms with Crippen LogP contribution in [0.5, 0.6) is 5.75 Å². The largest absolute Gasteiger partial charge is 0.487 e. The average Bonchev–Trinajstić information content (AvgIpc) is 2.41. The van der Waals surface area contributed by atoms with Crippen LogP contribution in [-0.4, -0.2) is 11.1 Å². The molecule has 0 saturated heterocycles. The first-order valence-electron chi connectivity index (χ1n) is 5.57. The molecule has 0 saturated carbocycles. The van der Waals surface area contributed by atoms with Gasteiger partial charge in [-0.05, 0) is 24.3 Å². The first-order chi connectivity index (χ1) is 9.49. The van der Waals surface area contributed by atoms with E-state index in [0.717, 1.165) is 6.07 Å². The third-order valence-corrected chi connectivity index (χ3v) is 3.40. The molecule has 0 spiro atoms. The Morgan fingerprint density at radius 3 is 2.65 bits per heavy atom. The van der Waals surface area contributed by atoms with Crippen LogP contribution in [-0.2, 0) is 6.61 Å². The minimum atomic E-state index is -1.19. The first-order valence-corrected chi connectivity index (χ1v) is 6.33. The van der Waals surface area contributed by atoms with Crippen LogP contribution in [0.2, 0.25) is 10.0 Å². The molecule has 0 fully saturated rings. The summed E-state index contributed by atoms with van der Waals surface area (Å²) in [4.78, 5) is 10.7. The van der Waals surface area contributed by atoms with Crippen LogP contribution in [0.3, 0.4) is 0 Å². The van der Waals surface area contributed by atoms with E-state index in [1.807, 2.05) is 0 Å². The second-order valence-corrected chi connectivity index (χ2v) is 4.74. The Morgan fingerprint density at radius 2 is 2.00 bits per heavy atom. The minimum Gasteiger partial charge on any atom is -0.487 e. The maximum absolute atomic E-state index is 13.7. The lowest BCUT2D eigenvalue weighted by molar-refractivity contribution is 0.0696. The third-order valence-electron chi connectivity index (χ3n) is 2.60. The molecule has 0 bridgehead atoms. The van der Waals surface area contributed by atoms with Gasteiger partial charge in [-0.2, -0.15) is 0 Å². The Kier molecular flexibility index (Phi) is 4.47. The molecule has 104 valence electrons. The molecule has 2 aromatic rings. The minimum absolute atomic E-state index is 0.0776. The number of hydrogen-bond donors (Lipinski definition) is 1. The summed E-state index contributed by atoms with van der Waals surface area (Å²) in [6, 6.07) is 8.49. The molecule has 0 heterocycles.